The van der Waals surface area contributed by atoms with Crippen LogP contribution in [0.3, 0.4) is 0 Å². The second kappa shape index (κ2) is 6.04. The third-order valence-corrected chi connectivity index (χ3v) is 5.60. The van der Waals surface area contributed by atoms with Crippen molar-refractivity contribution in [3.05, 3.63) is 14.7 Å². The SMILES string of the molecule is O=S(=O)(NCC1CNCCO1)c1cc(Cl)sc1Cl. The summed E-state index contributed by atoms with van der Waals surface area (Å²) in [6, 6.07) is 1.34. The fraction of sp³-hybridized carbons (Fsp3) is 0.556. The summed E-state index contributed by atoms with van der Waals surface area (Å²) < 4.78 is 32.3. The molecule has 1 atom stereocenters. The van der Waals surface area contributed by atoms with Gasteiger partial charge in [-0.2, -0.15) is 0 Å². The maximum atomic E-state index is 12.0. The second-order valence-corrected chi connectivity index (χ2v) is 7.76. The zero-order valence-corrected chi connectivity index (χ0v) is 12.4. The van der Waals surface area contributed by atoms with Gasteiger partial charge in [-0.25, -0.2) is 13.1 Å². The number of ether oxygens (including phenoxy) is 1. The highest BCUT2D eigenvalue weighted by Crippen LogP contribution is 2.33. The molecule has 102 valence electrons. The van der Waals surface area contributed by atoms with E-state index >= 15 is 0 Å². The quantitative estimate of drug-likeness (QED) is 0.873. The van der Waals surface area contributed by atoms with Gasteiger partial charge in [0.15, 0.2) is 0 Å². The molecule has 0 saturated carbocycles. The third-order valence-electron chi connectivity index (χ3n) is 2.42. The van der Waals surface area contributed by atoms with Crippen LogP contribution in [0.1, 0.15) is 0 Å². The maximum Gasteiger partial charge on any atom is 0.243 e. The summed E-state index contributed by atoms with van der Waals surface area (Å²) in [5.74, 6) is 0. The van der Waals surface area contributed by atoms with Crippen molar-refractivity contribution < 1.29 is 13.2 Å². The molecule has 18 heavy (non-hydrogen) atoms. The number of hydrogen-bond donors (Lipinski definition) is 2. The fourth-order valence-corrected chi connectivity index (χ4v) is 4.75. The Morgan fingerprint density at radius 2 is 2.33 bits per heavy atom. The van der Waals surface area contributed by atoms with Gasteiger partial charge in [-0.3, -0.25) is 0 Å². The molecule has 0 radical (unpaired) electrons. The van der Waals surface area contributed by atoms with Gasteiger partial charge in [-0.15, -0.1) is 11.3 Å². The summed E-state index contributed by atoms with van der Waals surface area (Å²) in [5, 5.41) is 3.12. The molecule has 0 bridgehead atoms. The molecule has 1 unspecified atom stereocenters. The molecule has 0 spiro atoms. The lowest BCUT2D eigenvalue weighted by atomic mass is 10.3. The topological polar surface area (TPSA) is 67.4 Å². The van der Waals surface area contributed by atoms with Crippen molar-refractivity contribution in [2.45, 2.75) is 11.0 Å². The Morgan fingerprint density at radius 3 is 2.89 bits per heavy atom. The summed E-state index contributed by atoms with van der Waals surface area (Å²) in [5.41, 5.74) is 0. The Labute approximate surface area is 119 Å². The molecule has 0 aliphatic carbocycles. The zero-order valence-electron chi connectivity index (χ0n) is 9.28. The molecule has 1 fully saturated rings. The first-order valence-electron chi connectivity index (χ1n) is 5.26. The van der Waals surface area contributed by atoms with Crippen LogP contribution in [0.25, 0.3) is 0 Å². The highest BCUT2D eigenvalue weighted by Gasteiger charge is 2.23. The minimum atomic E-state index is -3.63. The average molecular weight is 331 g/mol. The maximum absolute atomic E-state index is 12.0. The summed E-state index contributed by atoms with van der Waals surface area (Å²) >= 11 is 12.6. The molecular weight excluding hydrogens is 319 g/mol. The molecule has 1 aromatic rings. The predicted molar refractivity (Wildman–Crippen MR) is 72.1 cm³/mol. The summed E-state index contributed by atoms with van der Waals surface area (Å²) in [6.07, 6.45) is -0.165. The van der Waals surface area contributed by atoms with Crippen molar-refractivity contribution in [1.82, 2.24) is 10.0 Å². The predicted octanol–water partition coefficient (Wildman–Crippen LogP) is 1.32. The van der Waals surface area contributed by atoms with E-state index in [1.807, 2.05) is 0 Å². The minimum Gasteiger partial charge on any atom is -0.374 e. The van der Waals surface area contributed by atoms with Gasteiger partial charge in [-0.05, 0) is 6.07 Å². The van der Waals surface area contributed by atoms with Crippen LogP contribution < -0.4 is 10.0 Å². The van der Waals surface area contributed by atoms with E-state index in [4.69, 9.17) is 27.9 Å². The lowest BCUT2D eigenvalue weighted by Gasteiger charge is -2.23. The first-order valence-corrected chi connectivity index (χ1v) is 8.31. The lowest BCUT2D eigenvalue weighted by Crippen LogP contribution is -2.45. The van der Waals surface area contributed by atoms with Crippen LogP contribution >= 0.6 is 34.5 Å². The average Bonchev–Trinajstić information content (AvgIpc) is 2.68. The van der Waals surface area contributed by atoms with E-state index in [0.717, 1.165) is 17.9 Å². The van der Waals surface area contributed by atoms with Crippen LogP contribution in [0.5, 0.6) is 0 Å². The fourth-order valence-electron chi connectivity index (χ4n) is 1.54. The Hall–Kier alpha value is 0.110. The van der Waals surface area contributed by atoms with Crippen LogP contribution in [0.15, 0.2) is 11.0 Å². The van der Waals surface area contributed by atoms with Crippen molar-refractivity contribution in [1.29, 1.82) is 0 Å². The second-order valence-electron chi connectivity index (χ2n) is 3.74. The molecule has 1 saturated heterocycles. The summed E-state index contributed by atoms with van der Waals surface area (Å²) in [7, 11) is -3.63. The van der Waals surface area contributed by atoms with Gasteiger partial charge in [0.05, 0.1) is 17.0 Å². The molecule has 0 amide bonds. The highest BCUT2D eigenvalue weighted by molar-refractivity contribution is 7.89. The van der Waals surface area contributed by atoms with Crippen LogP contribution in [0, 0.1) is 0 Å². The molecule has 9 heteroatoms. The van der Waals surface area contributed by atoms with Crippen LogP contribution in [-0.4, -0.2) is 40.8 Å². The number of sulfonamides is 1. The minimum absolute atomic E-state index is 0.0166. The van der Waals surface area contributed by atoms with E-state index in [1.165, 1.54) is 6.07 Å². The Bertz CT molecular complexity index is 512. The molecule has 1 aliphatic heterocycles. The smallest absolute Gasteiger partial charge is 0.243 e. The highest BCUT2D eigenvalue weighted by atomic mass is 35.5. The van der Waals surface area contributed by atoms with Crippen LogP contribution in [-0.2, 0) is 14.8 Å². The normalized spacial score (nSPS) is 21.1. The number of rotatable bonds is 4. The number of halogens is 2. The summed E-state index contributed by atoms with van der Waals surface area (Å²) in [4.78, 5) is 0.0166. The Morgan fingerprint density at radius 1 is 1.56 bits per heavy atom. The molecule has 5 nitrogen and oxygen atoms in total. The van der Waals surface area contributed by atoms with Crippen molar-refractivity contribution in [3.8, 4) is 0 Å². The summed E-state index contributed by atoms with van der Waals surface area (Å²) in [6.45, 7) is 2.20. The van der Waals surface area contributed by atoms with Gasteiger partial charge >= 0.3 is 0 Å². The molecule has 1 aliphatic rings. The van der Waals surface area contributed by atoms with Gasteiger partial charge in [0, 0.05) is 19.6 Å². The first kappa shape index (κ1) is 14.5. The van der Waals surface area contributed by atoms with Gasteiger partial charge in [-0.1, -0.05) is 23.2 Å². The molecule has 2 heterocycles. The molecule has 1 aromatic heterocycles. The molecule has 2 N–H and O–H groups in total. The van der Waals surface area contributed by atoms with E-state index in [2.05, 4.69) is 10.0 Å². The van der Waals surface area contributed by atoms with Crippen molar-refractivity contribution in [2.24, 2.45) is 0 Å². The van der Waals surface area contributed by atoms with Gasteiger partial charge in [0.25, 0.3) is 0 Å². The lowest BCUT2D eigenvalue weighted by molar-refractivity contribution is 0.0324. The van der Waals surface area contributed by atoms with Crippen LogP contribution in [0.2, 0.25) is 8.67 Å². The largest absolute Gasteiger partial charge is 0.374 e. The van der Waals surface area contributed by atoms with Gasteiger partial charge in [0.2, 0.25) is 10.0 Å². The van der Waals surface area contributed by atoms with E-state index in [-0.39, 0.29) is 21.9 Å². The van der Waals surface area contributed by atoms with E-state index in [0.29, 0.717) is 17.5 Å². The molecular formula is C9H12Cl2N2O3S2. The monoisotopic (exact) mass is 330 g/mol. The van der Waals surface area contributed by atoms with Crippen LogP contribution in [0.4, 0.5) is 0 Å². The van der Waals surface area contributed by atoms with Crippen molar-refractivity contribution in [3.63, 3.8) is 0 Å². The van der Waals surface area contributed by atoms with Gasteiger partial charge in [0.1, 0.15) is 9.23 Å². The van der Waals surface area contributed by atoms with E-state index in [9.17, 15) is 8.42 Å². The number of hydrogen-bond acceptors (Lipinski definition) is 5. The van der Waals surface area contributed by atoms with Gasteiger partial charge < -0.3 is 10.1 Å². The Balaban J connectivity index is 2.01. The Kier molecular flexibility index (Phi) is 4.87. The zero-order chi connectivity index (χ0) is 13.2. The van der Waals surface area contributed by atoms with Crippen molar-refractivity contribution >= 4 is 44.6 Å². The third kappa shape index (κ3) is 3.57. The van der Waals surface area contributed by atoms with Crippen molar-refractivity contribution in [2.75, 3.05) is 26.2 Å². The van der Waals surface area contributed by atoms with E-state index in [1.54, 1.807) is 0 Å². The molecule has 0 aromatic carbocycles. The molecule has 2 rings (SSSR count). The first-order chi connectivity index (χ1) is 8.49. The number of morpholine rings is 1. The van der Waals surface area contributed by atoms with E-state index < -0.39 is 10.0 Å². The number of thiophene rings is 1. The standard InChI is InChI=1S/C9H12Cl2N2O3S2/c10-8-3-7(9(11)17-8)18(14,15)13-5-6-4-12-1-2-16-6/h3,6,12-13H,1-2,4-5H2. The number of nitrogens with one attached hydrogen (secondary N) is 2.